The molecule has 4 heteroatoms. The molecule has 1 saturated carbocycles. The fourth-order valence-corrected chi connectivity index (χ4v) is 2.73. The van der Waals surface area contributed by atoms with E-state index in [2.05, 4.69) is 17.4 Å². The van der Waals surface area contributed by atoms with Gasteiger partial charge in [0.15, 0.2) is 0 Å². The molecule has 4 nitrogen and oxygen atoms in total. The maximum atomic E-state index is 11.7. The van der Waals surface area contributed by atoms with Crippen molar-refractivity contribution in [3.63, 3.8) is 0 Å². The van der Waals surface area contributed by atoms with E-state index in [1.165, 1.54) is 12.0 Å². The molecule has 2 rings (SSSR count). The lowest BCUT2D eigenvalue weighted by Crippen LogP contribution is -2.45. The molecule has 1 fully saturated rings. The van der Waals surface area contributed by atoms with E-state index < -0.39 is 0 Å². The maximum Gasteiger partial charge on any atom is 0.220 e. The van der Waals surface area contributed by atoms with Gasteiger partial charge in [-0.05, 0) is 43.5 Å². The van der Waals surface area contributed by atoms with E-state index in [-0.39, 0.29) is 11.3 Å². The number of methoxy groups -OCH3 is 1. The largest absolute Gasteiger partial charge is 0.497 e. The van der Waals surface area contributed by atoms with Crippen LogP contribution in [0.25, 0.3) is 0 Å². The van der Waals surface area contributed by atoms with E-state index in [0.29, 0.717) is 13.0 Å². The normalized spacial score (nSPS) is 16.3. The number of nitrogens with one attached hydrogen (secondary N) is 1. The van der Waals surface area contributed by atoms with Gasteiger partial charge in [-0.2, -0.15) is 0 Å². The van der Waals surface area contributed by atoms with Crippen molar-refractivity contribution in [2.24, 2.45) is 5.73 Å². The predicted molar refractivity (Wildman–Crippen MR) is 79.8 cm³/mol. The lowest BCUT2D eigenvalue weighted by atomic mass is 9.64. The Hall–Kier alpha value is -1.55. The fraction of sp³-hybridized carbons (Fsp3) is 0.562. The minimum atomic E-state index is 0.107. The summed E-state index contributed by atoms with van der Waals surface area (Å²) in [6.07, 6.45) is 4.77. The van der Waals surface area contributed by atoms with E-state index in [9.17, 15) is 4.79 Å². The van der Waals surface area contributed by atoms with Crippen LogP contribution in [0.2, 0.25) is 0 Å². The van der Waals surface area contributed by atoms with Crippen LogP contribution >= 0.6 is 0 Å². The molecule has 1 aromatic carbocycles. The molecule has 0 radical (unpaired) electrons. The van der Waals surface area contributed by atoms with Crippen LogP contribution in [0.5, 0.6) is 5.75 Å². The third kappa shape index (κ3) is 3.31. The Morgan fingerprint density at radius 3 is 2.55 bits per heavy atom. The summed E-state index contributed by atoms with van der Waals surface area (Å²) in [7, 11) is 1.67. The van der Waals surface area contributed by atoms with Gasteiger partial charge in [-0.1, -0.05) is 18.6 Å². The Morgan fingerprint density at radius 2 is 2.05 bits per heavy atom. The van der Waals surface area contributed by atoms with E-state index in [1.807, 2.05) is 12.1 Å². The van der Waals surface area contributed by atoms with E-state index in [1.54, 1.807) is 7.11 Å². The molecule has 110 valence electrons. The van der Waals surface area contributed by atoms with E-state index in [4.69, 9.17) is 10.5 Å². The van der Waals surface area contributed by atoms with Crippen LogP contribution in [-0.4, -0.2) is 26.1 Å². The molecule has 3 N–H and O–H groups in total. The number of ether oxygens (including phenoxy) is 1. The Labute approximate surface area is 120 Å². The van der Waals surface area contributed by atoms with Crippen LogP contribution in [0.4, 0.5) is 0 Å². The number of carbonyl (C=O) groups excluding carboxylic acids is 1. The molecular formula is C16H24N2O2. The van der Waals surface area contributed by atoms with Crippen molar-refractivity contribution in [3.05, 3.63) is 29.8 Å². The number of amides is 1. The molecule has 20 heavy (non-hydrogen) atoms. The van der Waals surface area contributed by atoms with Gasteiger partial charge in [0.25, 0.3) is 0 Å². The van der Waals surface area contributed by atoms with Crippen LogP contribution in [-0.2, 0) is 10.2 Å². The first-order valence-electron chi connectivity index (χ1n) is 7.31. The van der Waals surface area contributed by atoms with Crippen molar-refractivity contribution >= 4 is 5.91 Å². The minimum absolute atomic E-state index is 0.107. The number of hydrogen-bond donors (Lipinski definition) is 2. The molecule has 0 aliphatic heterocycles. The lowest BCUT2D eigenvalue weighted by molar-refractivity contribution is -0.121. The van der Waals surface area contributed by atoms with Gasteiger partial charge < -0.3 is 15.8 Å². The molecule has 0 aromatic heterocycles. The predicted octanol–water partition coefficient (Wildman–Crippen LogP) is 1.97. The molecule has 1 aromatic rings. The molecule has 1 amide bonds. The number of nitrogens with two attached hydrogens (primary N) is 1. The van der Waals surface area contributed by atoms with Crippen molar-refractivity contribution in [3.8, 4) is 5.75 Å². The van der Waals surface area contributed by atoms with Gasteiger partial charge in [-0.15, -0.1) is 0 Å². The summed E-state index contributed by atoms with van der Waals surface area (Å²) in [6.45, 7) is 1.29. The van der Waals surface area contributed by atoms with Gasteiger partial charge in [-0.25, -0.2) is 0 Å². The summed E-state index contributed by atoms with van der Waals surface area (Å²) in [6, 6.07) is 8.21. The van der Waals surface area contributed by atoms with Crippen molar-refractivity contribution in [1.82, 2.24) is 5.32 Å². The molecule has 0 saturated heterocycles. The Bertz CT molecular complexity index is 438. The first-order chi connectivity index (χ1) is 9.70. The molecule has 0 spiro atoms. The van der Waals surface area contributed by atoms with Crippen LogP contribution in [0, 0.1) is 0 Å². The summed E-state index contributed by atoms with van der Waals surface area (Å²) in [4.78, 5) is 11.7. The highest BCUT2D eigenvalue weighted by Crippen LogP contribution is 2.43. The standard InChI is InChI=1S/C16H24N2O2/c1-20-14-7-5-13(6-8-14)16(9-3-10-16)12-18-15(19)4-2-11-17/h5-8H,2-4,9-12,17H2,1H3,(H,18,19). The summed E-state index contributed by atoms with van der Waals surface area (Å²) in [5.74, 6) is 0.977. The average molecular weight is 276 g/mol. The third-order valence-electron chi connectivity index (χ3n) is 4.24. The molecule has 1 aliphatic rings. The van der Waals surface area contributed by atoms with Crippen LogP contribution in [0.3, 0.4) is 0 Å². The highest BCUT2D eigenvalue weighted by molar-refractivity contribution is 5.76. The highest BCUT2D eigenvalue weighted by atomic mass is 16.5. The zero-order valence-electron chi connectivity index (χ0n) is 12.2. The van der Waals surface area contributed by atoms with Gasteiger partial charge in [0, 0.05) is 18.4 Å². The first kappa shape index (κ1) is 14.9. The first-order valence-corrected chi connectivity index (χ1v) is 7.31. The summed E-state index contributed by atoms with van der Waals surface area (Å²) in [5, 5.41) is 3.06. The minimum Gasteiger partial charge on any atom is -0.497 e. The molecule has 1 aliphatic carbocycles. The number of carbonyl (C=O) groups is 1. The smallest absolute Gasteiger partial charge is 0.220 e. The van der Waals surface area contributed by atoms with E-state index >= 15 is 0 Å². The van der Waals surface area contributed by atoms with Gasteiger partial charge in [0.05, 0.1) is 7.11 Å². The van der Waals surface area contributed by atoms with Crippen molar-refractivity contribution in [2.75, 3.05) is 20.2 Å². The molecule has 0 heterocycles. The molecule has 0 bridgehead atoms. The Morgan fingerprint density at radius 1 is 1.35 bits per heavy atom. The SMILES string of the molecule is COc1ccc(C2(CNC(=O)CCCN)CCC2)cc1. The molecule has 0 unspecified atom stereocenters. The maximum absolute atomic E-state index is 11.7. The van der Waals surface area contributed by atoms with Gasteiger partial charge >= 0.3 is 0 Å². The van der Waals surface area contributed by atoms with Crippen molar-refractivity contribution < 1.29 is 9.53 Å². The fourth-order valence-electron chi connectivity index (χ4n) is 2.73. The van der Waals surface area contributed by atoms with Gasteiger partial charge in [-0.3, -0.25) is 4.79 Å². The second-order valence-corrected chi connectivity index (χ2v) is 5.53. The van der Waals surface area contributed by atoms with E-state index in [0.717, 1.165) is 31.6 Å². The second kappa shape index (κ2) is 6.75. The molecule has 0 atom stereocenters. The summed E-state index contributed by atoms with van der Waals surface area (Å²) >= 11 is 0. The third-order valence-corrected chi connectivity index (χ3v) is 4.24. The topological polar surface area (TPSA) is 64.3 Å². The van der Waals surface area contributed by atoms with Gasteiger partial charge in [0.2, 0.25) is 5.91 Å². The quantitative estimate of drug-likeness (QED) is 0.800. The number of benzene rings is 1. The van der Waals surface area contributed by atoms with Crippen LogP contribution in [0.15, 0.2) is 24.3 Å². The lowest BCUT2D eigenvalue weighted by Gasteiger charge is -2.42. The van der Waals surface area contributed by atoms with Crippen LogP contribution < -0.4 is 15.8 Å². The second-order valence-electron chi connectivity index (χ2n) is 5.53. The van der Waals surface area contributed by atoms with Gasteiger partial charge in [0.1, 0.15) is 5.75 Å². The summed E-state index contributed by atoms with van der Waals surface area (Å²) in [5.41, 5.74) is 6.83. The Kier molecular flexibility index (Phi) is 5.01. The average Bonchev–Trinajstić information content (AvgIpc) is 2.44. The zero-order valence-corrected chi connectivity index (χ0v) is 12.2. The van der Waals surface area contributed by atoms with Crippen molar-refractivity contribution in [2.45, 2.75) is 37.5 Å². The zero-order chi connectivity index (χ0) is 14.4. The number of rotatable bonds is 7. The monoisotopic (exact) mass is 276 g/mol. The van der Waals surface area contributed by atoms with Crippen molar-refractivity contribution in [1.29, 1.82) is 0 Å². The van der Waals surface area contributed by atoms with Crippen LogP contribution in [0.1, 0.15) is 37.7 Å². The highest BCUT2D eigenvalue weighted by Gasteiger charge is 2.38. The number of hydrogen-bond acceptors (Lipinski definition) is 3. The Balaban J connectivity index is 1.96. The molecular weight excluding hydrogens is 252 g/mol. The summed E-state index contributed by atoms with van der Waals surface area (Å²) < 4.78 is 5.19.